The monoisotopic (exact) mass is 421 g/mol. The largest absolute Gasteiger partial charge is 0.461 e. The van der Waals surface area contributed by atoms with Gasteiger partial charge in [0.25, 0.3) is 0 Å². The van der Waals surface area contributed by atoms with Crippen molar-refractivity contribution < 1.29 is 9.84 Å². The van der Waals surface area contributed by atoms with Gasteiger partial charge in [-0.3, -0.25) is 0 Å². The van der Waals surface area contributed by atoms with Crippen molar-refractivity contribution in [1.29, 1.82) is 0 Å². The lowest BCUT2D eigenvalue weighted by atomic mass is 10.0. The molecule has 0 aliphatic rings. The standard InChI is InChI=1S/C29H27NO2/c1-4-29(31)32-28-17-13-24(14-18-28)23-11-15-25(16-12-23)30(26-9-5-7-21(2)19-26)27-10-6-8-22(3)20-27/h4-20,29,31H,1H2,2-3H3. The number of ether oxygens (including phenoxy) is 1. The summed E-state index contributed by atoms with van der Waals surface area (Å²) in [6.07, 6.45) is 0.343. The van der Waals surface area contributed by atoms with E-state index in [1.165, 1.54) is 17.2 Å². The van der Waals surface area contributed by atoms with E-state index >= 15 is 0 Å². The number of nitrogens with zero attached hydrogens (tertiary/aromatic N) is 1. The molecule has 1 unspecified atom stereocenters. The Morgan fingerprint density at radius 1 is 0.719 bits per heavy atom. The molecule has 4 aromatic rings. The lowest BCUT2D eigenvalue weighted by Crippen LogP contribution is -2.11. The number of anilines is 3. The van der Waals surface area contributed by atoms with Gasteiger partial charge in [-0.15, -0.1) is 0 Å². The van der Waals surface area contributed by atoms with E-state index in [1.54, 1.807) is 0 Å². The molecule has 4 rings (SSSR count). The third-order valence-electron chi connectivity index (χ3n) is 5.29. The Morgan fingerprint density at radius 2 is 1.22 bits per heavy atom. The Balaban J connectivity index is 1.66. The number of aliphatic hydroxyl groups is 1. The van der Waals surface area contributed by atoms with Gasteiger partial charge in [-0.25, -0.2) is 0 Å². The van der Waals surface area contributed by atoms with E-state index < -0.39 is 6.29 Å². The van der Waals surface area contributed by atoms with Crippen molar-refractivity contribution in [2.45, 2.75) is 20.1 Å². The number of benzene rings is 4. The van der Waals surface area contributed by atoms with Crippen LogP contribution < -0.4 is 9.64 Å². The van der Waals surface area contributed by atoms with Gasteiger partial charge in [-0.05, 0) is 90.7 Å². The second-order valence-corrected chi connectivity index (χ2v) is 7.83. The lowest BCUT2D eigenvalue weighted by Gasteiger charge is -2.26. The van der Waals surface area contributed by atoms with Gasteiger partial charge >= 0.3 is 0 Å². The maximum Gasteiger partial charge on any atom is 0.216 e. The number of aliphatic hydroxyl groups excluding tert-OH is 1. The van der Waals surface area contributed by atoms with E-state index in [1.807, 2.05) is 24.3 Å². The molecule has 0 saturated heterocycles. The van der Waals surface area contributed by atoms with Crippen LogP contribution in [0.15, 0.2) is 110 Å². The number of rotatable bonds is 7. The SMILES string of the molecule is C=CC(O)Oc1ccc(-c2ccc(N(c3cccc(C)c3)c3cccc(C)c3)cc2)cc1. The molecule has 0 saturated carbocycles. The van der Waals surface area contributed by atoms with Crippen molar-refractivity contribution in [2.75, 3.05) is 4.90 Å². The van der Waals surface area contributed by atoms with Crippen LogP contribution in [-0.4, -0.2) is 11.4 Å². The number of hydrogen-bond donors (Lipinski definition) is 1. The van der Waals surface area contributed by atoms with Gasteiger partial charge in [-0.2, -0.15) is 0 Å². The lowest BCUT2D eigenvalue weighted by molar-refractivity contribution is 0.0251. The molecule has 0 amide bonds. The summed E-state index contributed by atoms with van der Waals surface area (Å²) < 4.78 is 5.35. The summed E-state index contributed by atoms with van der Waals surface area (Å²) in [6.45, 7) is 7.75. The molecule has 1 atom stereocenters. The normalized spacial score (nSPS) is 11.6. The van der Waals surface area contributed by atoms with Crippen LogP contribution >= 0.6 is 0 Å². The topological polar surface area (TPSA) is 32.7 Å². The maximum atomic E-state index is 9.56. The summed E-state index contributed by atoms with van der Waals surface area (Å²) in [5, 5.41) is 9.56. The van der Waals surface area contributed by atoms with E-state index in [9.17, 15) is 5.11 Å². The zero-order chi connectivity index (χ0) is 22.5. The Morgan fingerprint density at radius 3 is 1.69 bits per heavy atom. The first kappa shape index (κ1) is 21.4. The molecule has 32 heavy (non-hydrogen) atoms. The molecule has 160 valence electrons. The van der Waals surface area contributed by atoms with Crippen LogP contribution in [0, 0.1) is 13.8 Å². The van der Waals surface area contributed by atoms with Gasteiger partial charge < -0.3 is 14.7 Å². The highest BCUT2D eigenvalue weighted by Crippen LogP contribution is 2.36. The molecule has 3 heteroatoms. The molecular formula is C29H27NO2. The highest BCUT2D eigenvalue weighted by molar-refractivity contribution is 5.78. The third kappa shape index (κ3) is 4.90. The highest BCUT2D eigenvalue weighted by Gasteiger charge is 2.13. The van der Waals surface area contributed by atoms with Crippen LogP contribution in [0.4, 0.5) is 17.1 Å². The van der Waals surface area contributed by atoms with Crippen molar-refractivity contribution in [1.82, 2.24) is 0 Å². The molecule has 3 nitrogen and oxygen atoms in total. The molecule has 0 heterocycles. The minimum Gasteiger partial charge on any atom is -0.461 e. The van der Waals surface area contributed by atoms with E-state index in [2.05, 4.69) is 98.1 Å². The average Bonchev–Trinajstić information content (AvgIpc) is 2.80. The summed E-state index contributed by atoms with van der Waals surface area (Å²) in [4.78, 5) is 2.28. The van der Waals surface area contributed by atoms with Crippen molar-refractivity contribution >= 4 is 17.1 Å². The maximum absolute atomic E-state index is 9.56. The molecule has 0 bridgehead atoms. The minimum atomic E-state index is -1.01. The molecule has 0 radical (unpaired) electrons. The predicted molar refractivity (Wildman–Crippen MR) is 133 cm³/mol. The number of aryl methyl sites for hydroxylation is 2. The fourth-order valence-electron chi connectivity index (χ4n) is 3.70. The van der Waals surface area contributed by atoms with Crippen LogP contribution in [0.2, 0.25) is 0 Å². The van der Waals surface area contributed by atoms with Crippen LogP contribution in [0.1, 0.15) is 11.1 Å². The first-order chi connectivity index (χ1) is 15.5. The van der Waals surface area contributed by atoms with Gasteiger partial charge in [0.05, 0.1) is 0 Å². The van der Waals surface area contributed by atoms with Crippen LogP contribution in [0.5, 0.6) is 5.75 Å². The first-order valence-corrected chi connectivity index (χ1v) is 10.6. The second kappa shape index (κ2) is 9.54. The zero-order valence-electron chi connectivity index (χ0n) is 18.4. The molecule has 0 aliphatic carbocycles. The van der Waals surface area contributed by atoms with Crippen LogP contribution in [0.3, 0.4) is 0 Å². The smallest absolute Gasteiger partial charge is 0.216 e. The van der Waals surface area contributed by atoms with Crippen molar-refractivity contribution in [2.24, 2.45) is 0 Å². The molecular weight excluding hydrogens is 394 g/mol. The molecule has 0 spiro atoms. The molecule has 0 aromatic heterocycles. The Labute approximate surface area is 189 Å². The Hall–Kier alpha value is -3.82. The van der Waals surface area contributed by atoms with Gasteiger partial charge in [0.2, 0.25) is 6.29 Å². The van der Waals surface area contributed by atoms with Gasteiger partial charge in [0.1, 0.15) is 5.75 Å². The number of hydrogen-bond acceptors (Lipinski definition) is 3. The molecule has 0 aliphatic heterocycles. The van der Waals surface area contributed by atoms with Crippen molar-refractivity contribution in [3.63, 3.8) is 0 Å². The predicted octanol–water partition coefficient (Wildman–Crippen LogP) is 7.32. The highest BCUT2D eigenvalue weighted by atomic mass is 16.6. The summed E-state index contributed by atoms with van der Waals surface area (Å²) in [5.41, 5.74) is 7.99. The summed E-state index contributed by atoms with van der Waals surface area (Å²) in [5.74, 6) is 0.600. The van der Waals surface area contributed by atoms with Gasteiger partial charge in [-0.1, -0.05) is 55.1 Å². The van der Waals surface area contributed by atoms with E-state index in [0.29, 0.717) is 5.75 Å². The van der Waals surface area contributed by atoms with E-state index in [4.69, 9.17) is 4.74 Å². The van der Waals surface area contributed by atoms with Gasteiger partial charge in [0, 0.05) is 17.1 Å². The second-order valence-electron chi connectivity index (χ2n) is 7.83. The quantitative estimate of drug-likeness (QED) is 0.251. The Bertz CT molecular complexity index is 1150. The summed E-state index contributed by atoms with van der Waals surface area (Å²) in [6, 6.07) is 33.3. The zero-order valence-corrected chi connectivity index (χ0v) is 18.4. The van der Waals surface area contributed by atoms with Crippen LogP contribution in [-0.2, 0) is 0 Å². The summed E-state index contributed by atoms with van der Waals surface area (Å²) in [7, 11) is 0. The molecule has 4 aromatic carbocycles. The summed E-state index contributed by atoms with van der Waals surface area (Å²) >= 11 is 0. The minimum absolute atomic E-state index is 0.600. The average molecular weight is 422 g/mol. The molecule has 0 fully saturated rings. The van der Waals surface area contributed by atoms with E-state index in [-0.39, 0.29) is 0 Å². The Kier molecular flexibility index (Phi) is 6.39. The first-order valence-electron chi connectivity index (χ1n) is 10.6. The third-order valence-corrected chi connectivity index (χ3v) is 5.29. The van der Waals surface area contributed by atoms with Crippen molar-refractivity contribution in [3.8, 4) is 16.9 Å². The van der Waals surface area contributed by atoms with Gasteiger partial charge in [0.15, 0.2) is 0 Å². The van der Waals surface area contributed by atoms with E-state index in [0.717, 1.165) is 28.2 Å². The fraction of sp³-hybridized carbons (Fsp3) is 0.103. The fourth-order valence-corrected chi connectivity index (χ4v) is 3.70. The van der Waals surface area contributed by atoms with Crippen LogP contribution in [0.25, 0.3) is 11.1 Å². The molecule has 1 N–H and O–H groups in total. The van der Waals surface area contributed by atoms with Crippen molar-refractivity contribution in [3.05, 3.63) is 121 Å².